The van der Waals surface area contributed by atoms with Gasteiger partial charge in [-0.05, 0) is 53.7 Å². The Bertz CT molecular complexity index is 333. The summed E-state index contributed by atoms with van der Waals surface area (Å²) in [7, 11) is 0. The minimum atomic E-state index is 0.766. The molecule has 0 saturated carbocycles. The zero-order valence-corrected chi connectivity index (χ0v) is 9.57. The Morgan fingerprint density at radius 2 is 1.79 bits per heavy atom. The highest BCUT2D eigenvalue weighted by Crippen LogP contribution is 2.40. The Morgan fingerprint density at radius 1 is 1.14 bits per heavy atom. The molecule has 2 nitrogen and oxygen atoms in total. The summed E-state index contributed by atoms with van der Waals surface area (Å²) in [4.78, 5) is 7.06. The lowest BCUT2D eigenvalue weighted by atomic mass is 10.0. The van der Waals surface area contributed by atoms with Gasteiger partial charge in [-0.15, -0.1) is 0 Å². The monoisotopic (exact) mass is 252 g/mol. The van der Waals surface area contributed by atoms with E-state index in [2.05, 4.69) is 37.9 Å². The van der Waals surface area contributed by atoms with E-state index in [1.54, 1.807) is 0 Å². The Morgan fingerprint density at radius 3 is 2.36 bits per heavy atom. The summed E-state index contributed by atoms with van der Waals surface area (Å²) in [6.07, 6.45) is 5.44. The average molecular weight is 253 g/mol. The first-order chi connectivity index (χ1) is 6.84. The average Bonchev–Trinajstić information content (AvgIpc) is 2.76. The van der Waals surface area contributed by atoms with Gasteiger partial charge in [0, 0.05) is 12.1 Å². The van der Waals surface area contributed by atoms with Crippen LogP contribution in [0, 0.1) is 0 Å². The van der Waals surface area contributed by atoms with Crippen molar-refractivity contribution in [3.05, 3.63) is 22.8 Å². The predicted molar refractivity (Wildman–Crippen MR) is 60.5 cm³/mol. The maximum atomic E-state index is 4.54. The predicted octanol–water partition coefficient (Wildman–Crippen LogP) is 2.98. The number of pyridine rings is 1. The molecule has 3 rings (SSSR count). The molecule has 0 N–H and O–H groups in total. The first-order valence-electron chi connectivity index (χ1n) is 5.25. The van der Waals surface area contributed by atoms with Gasteiger partial charge in [0.1, 0.15) is 10.4 Å². The molecule has 0 unspecified atom stereocenters. The lowest BCUT2D eigenvalue weighted by molar-refractivity contribution is 0.576. The molecule has 3 heterocycles. The molecule has 74 valence electrons. The van der Waals surface area contributed by atoms with Crippen molar-refractivity contribution in [3.63, 3.8) is 0 Å². The maximum Gasteiger partial charge on any atom is 0.130 e. The third kappa shape index (κ3) is 1.26. The van der Waals surface area contributed by atoms with Crippen molar-refractivity contribution in [2.45, 2.75) is 37.8 Å². The topological polar surface area (TPSA) is 16.1 Å². The number of rotatable bonds is 1. The van der Waals surface area contributed by atoms with Crippen LogP contribution >= 0.6 is 15.9 Å². The molecule has 0 atom stereocenters. The van der Waals surface area contributed by atoms with E-state index in [0.29, 0.717) is 0 Å². The van der Waals surface area contributed by atoms with Crippen LogP contribution < -0.4 is 4.90 Å². The highest BCUT2D eigenvalue weighted by atomic mass is 79.9. The molecule has 1 aromatic rings. The fourth-order valence-corrected chi connectivity index (χ4v) is 3.16. The van der Waals surface area contributed by atoms with Gasteiger partial charge < -0.3 is 4.90 Å². The van der Waals surface area contributed by atoms with Crippen molar-refractivity contribution in [3.8, 4) is 0 Å². The van der Waals surface area contributed by atoms with Gasteiger partial charge in [-0.1, -0.05) is 6.07 Å². The Balaban J connectivity index is 1.95. The van der Waals surface area contributed by atoms with Gasteiger partial charge in [0.25, 0.3) is 0 Å². The quantitative estimate of drug-likeness (QED) is 0.715. The summed E-state index contributed by atoms with van der Waals surface area (Å²) >= 11 is 3.43. The number of hydrogen-bond donors (Lipinski definition) is 0. The van der Waals surface area contributed by atoms with Crippen molar-refractivity contribution in [1.29, 1.82) is 0 Å². The number of aromatic nitrogens is 1. The summed E-state index contributed by atoms with van der Waals surface area (Å²) in [5, 5.41) is 0. The van der Waals surface area contributed by atoms with Gasteiger partial charge in [-0.25, -0.2) is 4.98 Å². The van der Waals surface area contributed by atoms with E-state index in [9.17, 15) is 0 Å². The molecule has 0 aromatic carbocycles. The minimum Gasteiger partial charge on any atom is -0.351 e. The second kappa shape index (κ2) is 3.23. The minimum absolute atomic E-state index is 0.766. The molecule has 0 amide bonds. The molecular formula is C11H13BrN2. The molecular weight excluding hydrogens is 240 g/mol. The lowest BCUT2D eigenvalue weighted by Gasteiger charge is -2.23. The van der Waals surface area contributed by atoms with Crippen molar-refractivity contribution in [2.24, 2.45) is 0 Å². The van der Waals surface area contributed by atoms with Crippen LogP contribution in [0.1, 0.15) is 25.7 Å². The van der Waals surface area contributed by atoms with Gasteiger partial charge in [0.05, 0.1) is 0 Å². The molecule has 2 aliphatic rings. The highest BCUT2D eigenvalue weighted by Gasteiger charge is 2.39. The number of nitrogens with zero attached hydrogens (tertiary/aromatic N) is 2. The van der Waals surface area contributed by atoms with E-state index >= 15 is 0 Å². The van der Waals surface area contributed by atoms with E-state index in [0.717, 1.165) is 22.5 Å². The molecule has 0 aliphatic carbocycles. The van der Waals surface area contributed by atoms with Crippen LogP contribution in [0.25, 0.3) is 0 Å². The van der Waals surface area contributed by atoms with Crippen LogP contribution in [-0.4, -0.2) is 17.1 Å². The first-order valence-corrected chi connectivity index (χ1v) is 6.05. The van der Waals surface area contributed by atoms with Crippen LogP contribution in [0.4, 0.5) is 5.82 Å². The fraction of sp³-hybridized carbons (Fsp3) is 0.545. The molecule has 0 radical (unpaired) electrons. The number of halogens is 1. The summed E-state index contributed by atoms with van der Waals surface area (Å²) in [5.74, 6) is 1.16. The molecule has 2 aliphatic heterocycles. The Kier molecular flexibility index (Phi) is 2.01. The second-order valence-electron chi connectivity index (χ2n) is 4.19. The molecule has 2 bridgehead atoms. The number of fused-ring (bicyclic) bond motifs is 2. The van der Waals surface area contributed by atoms with Gasteiger partial charge >= 0.3 is 0 Å². The van der Waals surface area contributed by atoms with Crippen LogP contribution in [0.3, 0.4) is 0 Å². The van der Waals surface area contributed by atoms with Crippen molar-refractivity contribution in [1.82, 2.24) is 4.98 Å². The third-order valence-electron chi connectivity index (χ3n) is 3.42. The van der Waals surface area contributed by atoms with Crippen LogP contribution in [0.2, 0.25) is 0 Å². The van der Waals surface area contributed by atoms with Crippen molar-refractivity contribution in [2.75, 3.05) is 4.90 Å². The van der Waals surface area contributed by atoms with Gasteiger partial charge in [-0.2, -0.15) is 0 Å². The lowest BCUT2D eigenvalue weighted by Crippen LogP contribution is -2.28. The second-order valence-corrected chi connectivity index (χ2v) is 5.00. The summed E-state index contributed by atoms with van der Waals surface area (Å²) in [6, 6.07) is 7.72. The molecule has 0 spiro atoms. The van der Waals surface area contributed by atoms with Gasteiger partial charge in [-0.3, -0.25) is 0 Å². The molecule has 1 aromatic heterocycles. The third-order valence-corrected chi connectivity index (χ3v) is 3.86. The van der Waals surface area contributed by atoms with E-state index < -0.39 is 0 Å². The fourth-order valence-electron chi connectivity index (χ4n) is 2.83. The molecule has 2 fully saturated rings. The summed E-state index contributed by atoms with van der Waals surface area (Å²) in [6.45, 7) is 0. The van der Waals surface area contributed by atoms with Gasteiger partial charge in [0.2, 0.25) is 0 Å². The van der Waals surface area contributed by atoms with Crippen molar-refractivity contribution < 1.29 is 0 Å². The molecule has 3 heteroatoms. The van der Waals surface area contributed by atoms with Gasteiger partial charge in [0.15, 0.2) is 0 Å². The Hall–Kier alpha value is -0.570. The zero-order chi connectivity index (χ0) is 9.54. The van der Waals surface area contributed by atoms with Crippen LogP contribution in [0.15, 0.2) is 22.8 Å². The molecule has 14 heavy (non-hydrogen) atoms. The highest BCUT2D eigenvalue weighted by molar-refractivity contribution is 9.10. The smallest absolute Gasteiger partial charge is 0.130 e. The standard InChI is InChI=1S/C11H13BrN2/c12-10-2-1-3-11(13-10)14-8-4-5-9(14)7-6-8/h1-3,8-9H,4-7H2. The molecule has 2 saturated heterocycles. The van der Waals surface area contributed by atoms with E-state index in [4.69, 9.17) is 0 Å². The first kappa shape index (κ1) is 8.72. The largest absolute Gasteiger partial charge is 0.351 e. The maximum absolute atomic E-state index is 4.54. The van der Waals surface area contributed by atoms with Crippen molar-refractivity contribution >= 4 is 21.7 Å². The number of hydrogen-bond acceptors (Lipinski definition) is 2. The van der Waals surface area contributed by atoms with Crippen LogP contribution in [0.5, 0.6) is 0 Å². The van der Waals surface area contributed by atoms with E-state index in [1.165, 1.54) is 25.7 Å². The van der Waals surface area contributed by atoms with E-state index in [-0.39, 0.29) is 0 Å². The normalized spacial score (nSPS) is 29.9. The SMILES string of the molecule is Brc1cccc(N2C3CCC2CC3)n1. The number of anilines is 1. The van der Waals surface area contributed by atoms with Crippen LogP contribution in [-0.2, 0) is 0 Å². The summed E-state index contributed by atoms with van der Waals surface area (Å²) in [5.41, 5.74) is 0. The zero-order valence-electron chi connectivity index (χ0n) is 7.99. The van der Waals surface area contributed by atoms with E-state index in [1.807, 2.05) is 6.07 Å². The summed E-state index contributed by atoms with van der Waals surface area (Å²) < 4.78 is 0.946. The Labute approximate surface area is 92.5 Å².